The fourth-order valence-corrected chi connectivity index (χ4v) is 3.22. The zero-order chi connectivity index (χ0) is 17.8. The lowest BCUT2D eigenvalue weighted by Gasteiger charge is -2.30. The Hall–Kier alpha value is -0.170. The summed E-state index contributed by atoms with van der Waals surface area (Å²) in [5.41, 5.74) is 0. The van der Waals surface area contributed by atoms with Crippen LogP contribution in [0, 0.1) is 0 Å². The van der Waals surface area contributed by atoms with E-state index in [1.54, 1.807) is 6.92 Å². The first-order valence-corrected chi connectivity index (χ1v) is 11.0. The summed E-state index contributed by atoms with van der Waals surface area (Å²) in [6.45, 7) is 5.70. The van der Waals surface area contributed by atoms with Gasteiger partial charge in [-0.2, -0.15) is 8.42 Å². The molecule has 0 saturated heterocycles. The van der Waals surface area contributed by atoms with Gasteiger partial charge in [-0.15, -0.1) is 0 Å². The highest BCUT2D eigenvalue weighted by atomic mass is 32.2. The maximum atomic E-state index is 11.0. The molecule has 148 valence electrons. The molecule has 0 aromatic heterocycles. The van der Waals surface area contributed by atoms with Crippen LogP contribution in [0.2, 0.25) is 0 Å². The third-order valence-corrected chi connectivity index (χ3v) is 6.02. The second-order valence-electron chi connectivity index (χ2n) is 7.68. The molecule has 2 N–H and O–H groups in total. The first-order chi connectivity index (χ1) is 10.7. The molecule has 0 aliphatic carbocycles. The second kappa shape index (κ2) is 14.0. The third-order valence-electron chi connectivity index (χ3n) is 4.77. The summed E-state index contributed by atoms with van der Waals surface area (Å²) in [4.78, 5) is 0. The van der Waals surface area contributed by atoms with Crippen LogP contribution in [-0.4, -0.2) is 55.4 Å². The Balaban J connectivity index is 0. The number of quaternary nitrogens is 1. The Labute approximate surface area is 150 Å². The molecule has 0 aliphatic rings. The SMILES string of the molecule is CCCCCCCCCCCC[N+](C)(C)CCC(C)S(=O)(=O)O.[OH-]. The maximum absolute atomic E-state index is 11.0. The van der Waals surface area contributed by atoms with Crippen molar-refractivity contribution in [1.82, 2.24) is 0 Å². The van der Waals surface area contributed by atoms with E-state index in [9.17, 15) is 8.42 Å². The third kappa shape index (κ3) is 15.4. The van der Waals surface area contributed by atoms with E-state index in [1.807, 2.05) is 0 Å². The zero-order valence-corrected chi connectivity index (χ0v) is 17.2. The van der Waals surface area contributed by atoms with E-state index in [1.165, 1.54) is 64.2 Å². The Morgan fingerprint density at radius 1 is 0.833 bits per heavy atom. The average Bonchev–Trinajstić information content (AvgIpc) is 2.45. The Bertz CT molecular complexity index is 382. The van der Waals surface area contributed by atoms with Crippen LogP contribution in [-0.2, 0) is 10.1 Å². The summed E-state index contributed by atoms with van der Waals surface area (Å²) in [5.74, 6) is 0. The zero-order valence-electron chi connectivity index (χ0n) is 16.3. The van der Waals surface area contributed by atoms with Crippen molar-refractivity contribution >= 4 is 10.1 Å². The van der Waals surface area contributed by atoms with Gasteiger partial charge in [-0.25, -0.2) is 0 Å². The van der Waals surface area contributed by atoms with Gasteiger partial charge < -0.3 is 9.96 Å². The van der Waals surface area contributed by atoms with Crippen molar-refractivity contribution in [2.75, 3.05) is 27.2 Å². The molecule has 6 heteroatoms. The van der Waals surface area contributed by atoms with Gasteiger partial charge in [0.2, 0.25) is 0 Å². The van der Waals surface area contributed by atoms with Gasteiger partial charge in [-0.3, -0.25) is 4.55 Å². The first-order valence-electron chi connectivity index (χ1n) is 9.47. The van der Waals surface area contributed by atoms with Crippen LogP contribution in [0.15, 0.2) is 0 Å². The maximum Gasteiger partial charge on any atom is 0.267 e. The Kier molecular flexibility index (Phi) is 15.3. The first kappa shape index (κ1) is 26.1. The molecule has 1 atom stereocenters. The van der Waals surface area contributed by atoms with Gasteiger partial charge >= 0.3 is 0 Å². The summed E-state index contributed by atoms with van der Waals surface area (Å²) in [7, 11) is 0.407. The van der Waals surface area contributed by atoms with E-state index in [4.69, 9.17) is 4.55 Å². The summed E-state index contributed by atoms with van der Waals surface area (Å²) >= 11 is 0. The monoisotopic (exact) mass is 367 g/mol. The Morgan fingerprint density at radius 2 is 1.25 bits per heavy atom. The molecule has 0 saturated carbocycles. The molecule has 0 bridgehead atoms. The second-order valence-corrected chi connectivity index (χ2v) is 9.51. The minimum Gasteiger partial charge on any atom is -0.870 e. The van der Waals surface area contributed by atoms with Crippen molar-refractivity contribution in [2.24, 2.45) is 0 Å². The largest absolute Gasteiger partial charge is 0.870 e. The number of hydrogen-bond donors (Lipinski definition) is 1. The van der Waals surface area contributed by atoms with Crippen molar-refractivity contribution in [3.63, 3.8) is 0 Å². The molecule has 0 amide bonds. The van der Waals surface area contributed by atoms with Gasteiger partial charge in [-0.1, -0.05) is 58.3 Å². The highest BCUT2D eigenvalue weighted by molar-refractivity contribution is 7.86. The summed E-state index contributed by atoms with van der Waals surface area (Å²) in [6.07, 6.45) is 13.9. The normalized spacial score (nSPS) is 13.5. The molecule has 0 spiro atoms. The standard InChI is InChI=1S/C18H39NO3S.H2O/c1-5-6-7-8-9-10-11-12-13-14-16-19(3,4)17-15-18(2)23(20,21)22;/h18H,5-17H2,1-4H3;1H2. The van der Waals surface area contributed by atoms with Crippen LogP contribution in [0.4, 0.5) is 0 Å². The van der Waals surface area contributed by atoms with Crippen molar-refractivity contribution < 1.29 is 22.9 Å². The summed E-state index contributed by atoms with van der Waals surface area (Å²) in [5, 5.41) is -0.660. The van der Waals surface area contributed by atoms with Crippen molar-refractivity contribution in [1.29, 1.82) is 0 Å². The predicted molar refractivity (Wildman–Crippen MR) is 101 cm³/mol. The van der Waals surface area contributed by atoms with Gasteiger partial charge in [0.25, 0.3) is 10.1 Å². The van der Waals surface area contributed by atoms with E-state index in [-0.39, 0.29) is 5.48 Å². The van der Waals surface area contributed by atoms with E-state index in [2.05, 4.69) is 21.0 Å². The predicted octanol–water partition coefficient (Wildman–Crippen LogP) is 4.47. The molecular weight excluding hydrogens is 326 g/mol. The van der Waals surface area contributed by atoms with Gasteiger partial charge in [0.1, 0.15) is 0 Å². The van der Waals surface area contributed by atoms with Crippen molar-refractivity contribution in [2.45, 2.75) is 89.7 Å². The number of nitrogens with zero attached hydrogens (tertiary/aromatic N) is 1. The quantitative estimate of drug-likeness (QED) is 0.263. The molecular formula is C18H41NO4S. The van der Waals surface area contributed by atoms with Crippen LogP contribution in [0.1, 0.15) is 84.5 Å². The minimum absolute atomic E-state index is 0. The van der Waals surface area contributed by atoms with E-state index < -0.39 is 15.4 Å². The fourth-order valence-electron chi connectivity index (χ4n) is 2.82. The van der Waals surface area contributed by atoms with E-state index >= 15 is 0 Å². The molecule has 0 heterocycles. The van der Waals surface area contributed by atoms with Gasteiger partial charge in [-0.05, 0) is 19.8 Å². The molecule has 0 radical (unpaired) electrons. The molecule has 0 aromatic carbocycles. The van der Waals surface area contributed by atoms with Crippen molar-refractivity contribution in [3.8, 4) is 0 Å². The van der Waals surface area contributed by atoms with E-state index in [0.717, 1.165) is 17.6 Å². The van der Waals surface area contributed by atoms with Crippen LogP contribution < -0.4 is 0 Å². The lowest BCUT2D eigenvalue weighted by atomic mass is 10.1. The van der Waals surface area contributed by atoms with Crippen LogP contribution in [0.5, 0.6) is 0 Å². The highest BCUT2D eigenvalue weighted by Crippen LogP contribution is 2.13. The Morgan fingerprint density at radius 3 is 1.67 bits per heavy atom. The molecule has 0 aliphatic heterocycles. The topological polar surface area (TPSA) is 84.4 Å². The van der Waals surface area contributed by atoms with Crippen molar-refractivity contribution in [3.05, 3.63) is 0 Å². The summed E-state index contributed by atoms with van der Waals surface area (Å²) in [6, 6.07) is 0. The van der Waals surface area contributed by atoms with Crippen LogP contribution in [0.3, 0.4) is 0 Å². The molecule has 5 nitrogen and oxygen atoms in total. The lowest BCUT2D eigenvalue weighted by Crippen LogP contribution is -2.42. The van der Waals surface area contributed by atoms with Gasteiger partial charge in [0.05, 0.1) is 32.4 Å². The van der Waals surface area contributed by atoms with Gasteiger partial charge in [0, 0.05) is 6.42 Å². The highest BCUT2D eigenvalue weighted by Gasteiger charge is 2.22. The lowest BCUT2D eigenvalue weighted by molar-refractivity contribution is -0.890. The molecule has 24 heavy (non-hydrogen) atoms. The molecule has 0 fully saturated rings. The molecule has 0 rings (SSSR count). The molecule has 1 unspecified atom stereocenters. The smallest absolute Gasteiger partial charge is 0.267 e. The number of unbranched alkanes of at least 4 members (excludes halogenated alkanes) is 9. The number of hydrogen-bond acceptors (Lipinski definition) is 3. The van der Waals surface area contributed by atoms with Gasteiger partial charge in [0.15, 0.2) is 0 Å². The molecule has 0 aromatic rings. The van der Waals surface area contributed by atoms with Crippen LogP contribution in [0.25, 0.3) is 0 Å². The summed E-state index contributed by atoms with van der Waals surface area (Å²) < 4.78 is 31.9. The average molecular weight is 368 g/mol. The van der Waals surface area contributed by atoms with E-state index in [0.29, 0.717) is 6.42 Å². The fraction of sp³-hybridized carbons (Fsp3) is 1.00. The minimum atomic E-state index is -3.88. The van der Waals surface area contributed by atoms with Crippen LogP contribution >= 0.6 is 0 Å². The number of rotatable bonds is 15.